The smallest absolute Gasteiger partial charge is 0.241 e. The molecule has 0 heterocycles. The molecule has 0 aliphatic heterocycles. The van der Waals surface area contributed by atoms with Crippen LogP contribution in [0, 0.1) is 13.8 Å². The third-order valence-electron chi connectivity index (χ3n) is 3.99. The maximum Gasteiger partial charge on any atom is 0.241 e. The highest BCUT2D eigenvalue weighted by atomic mass is 32.2. The largest absolute Gasteiger partial charge is 0.496 e. The van der Waals surface area contributed by atoms with Crippen LogP contribution in [0.5, 0.6) is 5.75 Å². The van der Waals surface area contributed by atoms with Crippen LogP contribution in [-0.4, -0.2) is 34.2 Å². The Morgan fingerprint density at radius 1 is 1.15 bits per heavy atom. The van der Waals surface area contributed by atoms with Crippen molar-refractivity contribution in [2.24, 2.45) is 0 Å². The van der Waals surface area contributed by atoms with Gasteiger partial charge in [0.2, 0.25) is 15.9 Å². The van der Waals surface area contributed by atoms with Gasteiger partial charge in [0.05, 0.1) is 19.1 Å². The van der Waals surface area contributed by atoms with E-state index in [1.165, 1.54) is 0 Å². The number of para-hydroxylation sites is 1. The number of hydrogen-bond acceptors (Lipinski definition) is 4. The molecule has 1 amide bonds. The van der Waals surface area contributed by atoms with Gasteiger partial charge < -0.3 is 10.1 Å². The first-order valence-corrected chi connectivity index (χ1v) is 10.0. The maximum absolute atomic E-state index is 12.4. The molecule has 140 valence electrons. The van der Waals surface area contributed by atoms with E-state index in [0.29, 0.717) is 11.4 Å². The van der Waals surface area contributed by atoms with Crippen molar-refractivity contribution in [2.75, 3.05) is 24.2 Å². The fourth-order valence-electron chi connectivity index (χ4n) is 2.60. The molecule has 0 saturated carbocycles. The number of nitrogens with one attached hydrogen (secondary N) is 1. The second-order valence-corrected chi connectivity index (χ2v) is 8.05. The Kier molecular flexibility index (Phi) is 6.26. The van der Waals surface area contributed by atoms with E-state index in [1.807, 2.05) is 44.2 Å². The highest BCUT2D eigenvalue weighted by Gasteiger charge is 2.22. The molecule has 0 aliphatic carbocycles. The van der Waals surface area contributed by atoms with Crippen molar-refractivity contribution in [3.8, 4) is 5.75 Å². The van der Waals surface area contributed by atoms with Gasteiger partial charge in [0.25, 0.3) is 0 Å². The molecule has 0 unspecified atom stereocenters. The number of amides is 1. The molecule has 7 heteroatoms. The molecule has 0 fully saturated rings. The number of carbonyl (C=O) groups is 1. The summed E-state index contributed by atoms with van der Waals surface area (Å²) >= 11 is 0. The predicted octanol–water partition coefficient (Wildman–Crippen LogP) is 2.39. The zero-order valence-corrected chi connectivity index (χ0v) is 16.3. The van der Waals surface area contributed by atoms with Crippen LogP contribution >= 0.6 is 0 Å². The molecule has 0 aliphatic rings. The van der Waals surface area contributed by atoms with E-state index in [9.17, 15) is 13.2 Å². The number of anilines is 1. The van der Waals surface area contributed by atoms with E-state index in [2.05, 4.69) is 5.32 Å². The maximum atomic E-state index is 12.4. The van der Waals surface area contributed by atoms with Crippen molar-refractivity contribution >= 4 is 21.6 Å². The monoisotopic (exact) mass is 376 g/mol. The number of aryl methyl sites for hydroxylation is 2. The van der Waals surface area contributed by atoms with Crippen molar-refractivity contribution in [3.63, 3.8) is 0 Å². The molecule has 0 saturated heterocycles. The molecule has 1 N–H and O–H groups in total. The summed E-state index contributed by atoms with van der Waals surface area (Å²) in [5, 5.41) is 2.76. The van der Waals surface area contributed by atoms with Crippen LogP contribution in [0.25, 0.3) is 0 Å². The summed E-state index contributed by atoms with van der Waals surface area (Å²) in [6, 6.07) is 12.9. The molecule has 26 heavy (non-hydrogen) atoms. The Balaban J connectivity index is 2.16. The summed E-state index contributed by atoms with van der Waals surface area (Å²) in [6.07, 6.45) is 1.10. The minimum atomic E-state index is -3.60. The zero-order valence-electron chi connectivity index (χ0n) is 15.4. The number of nitrogens with zero attached hydrogens (tertiary/aromatic N) is 1. The number of ether oxygens (including phenoxy) is 1. The van der Waals surface area contributed by atoms with Gasteiger partial charge in [0, 0.05) is 12.1 Å². The van der Waals surface area contributed by atoms with Gasteiger partial charge >= 0.3 is 0 Å². The third kappa shape index (κ3) is 4.98. The number of benzene rings is 2. The van der Waals surface area contributed by atoms with E-state index in [-0.39, 0.29) is 19.0 Å². The minimum absolute atomic E-state index is 0.257. The first kappa shape index (κ1) is 19.8. The van der Waals surface area contributed by atoms with Gasteiger partial charge in [0.15, 0.2) is 0 Å². The van der Waals surface area contributed by atoms with Crippen molar-refractivity contribution in [1.82, 2.24) is 5.32 Å². The molecule has 0 spiro atoms. The normalized spacial score (nSPS) is 11.1. The van der Waals surface area contributed by atoms with Crippen LogP contribution < -0.4 is 14.4 Å². The third-order valence-corrected chi connectivity index (χ3v) is 5.12. The number of carbonyl (C=O) groups excluding carboxylic acids is 1. The molecule has 0 aromatic heterocycles. The Morgan fingerprint density at radius 3 is 2.50 bits per heavy atom. The Bertz CT molecular complexity index is 894. The average Bonchev–Trinajstić information content (AvgIpc) is 2.59. The van der Waals surface area contributed by atoms with Crippen LogP contribution in [0.2, 0.25) is 0 Å². The SMILES string of the molecule is COc1ccccc1CNC(=O)CN(c1cc(C)ccc1C)S(C)(=O)=O. The van der Waals surface area contributed by atoms with E-state index < -0.39 is 10.0 Å². The first-order valence-electron chi connectivity index (χ1n) is 8.16. The average molecular weight is 376 g/mol. The van der Waals surface area contributed by atoms with Crippen LogP contribution in [-0.2, 0) is 21.4 Å². The predicted molar refractivity (Wildman–Crippen MR) is 103 cm³/mol. The topological polar surface area (TPSA) is 75.7 Å². The van der Waals surface area contributed by atoms with Crippen LogP contribution in [0.1, 0.15) is 16.7 Å². The summed E-state index contributed by atoms with van der Waals surface area (Å²) in [5.41, 5.74) is 3.05. The van der Waals surface area contributed by atoms with Crippen LogP contribution in [0.3, 0.4) is 0 Å². The second kappa shape index (κ2) is 8.23. The standard InChI is InChI=1S/C19H24N2O4S/c1-14-9-10-15(2)17(11-14)21(26(4,23)24)13-19(22)20-12-16-7-5-6-8-18(16)25-3/h5-11H,12-13H2,1-4H3,(H,20,22). The summed E-state index contributed by atoms with van der Waals surface area (Å²) in [4.78, 5) is 12.4. The van der Waals surface area contributed by atoms with Gasteiger partial charge in [-0.1, -0.05) is 30.3 Å². The van der Waals surface area contributed by atoms with Crippen molar-refractivity contribution in [2.45, 2.75) is 20.4 Å². The quantitative estimate of drug-likeness (QED) is 0.805. The van der Waals surface area contributed by atoms with Crippen LogP contribution in [0.4, 0.5) is 5.69 Å². The lowest BCUT2D eigenvalue weighted by Crippen LogP contribution is -2.40. The molecule has 6 nitrogen and oxygen atoms in total. The van der Waals surface area contributed by atoms with Crippen LogP contribution in [0.15, 0.2) is 42.5 Å². The number of hydrogen-bond donors (Lipinski definition) is 1. The first-order chi connectivity index (χ1) is 12.2. The lowest BCUT2D eigenvalue weighted by atomic mass is 10.1. The van der Waals surface area contributed by atoms with Crippen molar-refractivity contribution in [3.05, 3.63) is 59.2 Å². The van der Waals surface area contributed by atoms with Gasteiger partial charge in [0.1, 0.15) is 12.3 Å². The summed E-state index contributed by atoms with van der Waals surface area (Å²) in [7, 11) is -2.04. The van der Waals surface area contributed by atoms with Crippen molar-refractivity contribution < 1.29 is 17.9 Å². The zero-order chi connectivity index (χ0) is 19.3. The molecule has 2 rings (SSSR count). The lowest BCUT2D eigenvalue weighted by molar-refractivity contribution is -0.119. The summed E-state index contributed by atoms with van der Waals surface area (Å²) in [5.74, 6) is 0.282. The fraction of sp³-hybridized carbons (Fsp3) is 0.316. The van der Waals surface area contributed by atoms with Gasteiger partial charge in [-0.25, -0.2) is 8.42 Å². The lowest BCUT2D eigenvalue weighted by Gasteiger charge is -2.24. The second-order valence-electron chi connectivity index (χ2n) is 6.15. The Morgan fingerprint density at radius 2 is 1.85 bits per heavy atom. The molecule has 2 aromatic rings. The number of rotatable bonds is 7. The summed E-state index contributed by atoms with van der Waals surface area (Å²) < 4.78 is 30.8. The Hall–Kier alpha value is -2.54. The number of methoxy groups -OCH3 is 1. The Labute approximate surface area is 154 Å². The van der Waals surface area contributed by atoms with Gasteiger partial charge in [-0.3, -0.25) is 9.10 Å². The highest BCUT2D eigenvalue weighted by Crippen LogP contribution is 2.23. The fourth-order valence-corrected chi connectivity index (χ4v) is 3.50. The van der Waals surface area contributed by atoms with E-state index in [1.54, 1.807) is 19.2 Å². The molecule has 2 aromatic carbocycles. The van der Waals surface area contributed by atoms with Gasteiger partial charge in [-0.2, -0.15) is 0 Å². The van der Waals surface area contributed by atoms with E-state index in [4.69, 9.17) is 4.74 Å². The van der Waals surface area contributed by atoms with Gasteiger partial charge in [-0.15, -0.1) is 0 Å². The molecule has 0 bridgehead atoms. The highest BCUT2D eigenvalue weighted by molar-refractivity contribution is 7.92. The molecule has 0 radical (unpaired) electrons. The van der Waals surface area contributed by atoms with E-state index in [0.717, 1.165) is 27.3 Å². The molecule has 0 atom stereocenters. The summed E-state index contributed by atoms with van der Waals surface area (Å²) in [6.45, 7) is 3.68. The van der Waals surface area contributed by atoms with Crippen molar-refractivity contribution in [1.29, 1.82) is 0 Å². The van der Waals surface area contributed by atoms with E-state index >= 15 is 0 Å². The minimum Gasteiger partial charge on any atom is -0.496 e. The molecular weight excluding hydrogens is 352 g/mol. The molecular formula is C19H24N2O4S. The van der Waals surface area contributed by atoms with Gasteiger partial charge in [-0.05, 0) is 37.1 Å². The number of sulfonamides is 1.